The predicted molar refractivity (Wildman–Crippen MR) is 87.9 cm³/mol. The Bertz CT molecular complexity index is 629. The average Bonchev–Trinajstić information content (AvgIpc) is 2.58. The van der Waals surface area contributed by atoms with Crippen LogP contribution >= 0.6 is 0 Å². The second-order valence-electron chi connectivity index (χ2n) is 4.90. The molecule has 2 aromatic carbocycles. The Hall–Kier alpha value is -2.55. The standard InChI is InChI=1S/C19H20O3/c1-3-13-22-18-6-4-5-17(14-18)16-10-7-15(8-11-16)9-12-19(20)21-2/h3-8,10-11,14H,1,9,12-13H2,2H3. The summed E-state index contributed by atoms with van der Waals surface area (Å²) in [5, 5.41) is 0. The zero-order chi connectivity index (χ0) is 15.8. The quantitative estimate of drug-likeness (QED) is 0.572. The lowest BCUT2D eigenvalue weighted by Crippen LogP contribution is -2.01. The number of esters is 1. The summed E-state index contributed by atoms with van der Waals surface area (Å²) in [4.78, 5) is 11.2. The number of carbonyl (C=O) groups excluding carboxylic acids is 1. The summed E-state index contributed by atoms with van der Waals surface area (Å²) < 4.78 is 10.2. The number of methoxy groups -OCH3 is 1. The summed E-state index contributed by atoms with van der Waals surface area (Å²) in [6.07, 6.45) is 2.82. The van der Waals surface area contributed by atoms with Gasteiger partial charge < -0.3 is 9.47 Å². The number of benzene rings is 2. The lowest BCUT2D eigenvalue weighted by molar-refractivity contribution is -0.140. The Balaban J connectivity index is 2.06. The number of ether oxygens (including phenoxy) is 2. The van der Waals surface area contributed by atoms with Crippen LogP contribution in [0.4, 0.5) is 0 Å². The van der Waals surface area contributed by atoms with Gasteiger partial charge in [-0.2, -0.15) is 0 Å². The monoisotopic (exact) mass is 296 g/mol. The first kappa shape index (κ1) is 15.8. The normalized spacial score (nSPS) is 10.0. The van der Waals surface area contributed by atoms with Gasteiger partial charge in [-0.3, -0.25) is 4.79 Å². The highest BCUT2D eigenvalue weighted by atomic mass is 16.5. The minimum atomic E-state index is -0.184. The minimum absolute atomic E-state index is 0.184. The number of hydrogen-bond donors (Lipinski definition) is 0. The average molecular weight is 296 g/mol. The van der Waals surface area contributed by atoms with Crippen molar-refractivity contribution in [2.24, 2.45) is 0 Å². The maximum absolute atomic E-state index is 11.2. The molecule has 3 heteroatoms. The maximum Gasteiger partial charge on any atom is 0.305 e. The largest absolute Gasteiger partial charge is 0.490 e. The Morgan fingerprint density at radius 1 is 1.14 bits per heavy atom. The van der Waals surface area contributed by atoms with Crippen molar-refractivity contribution in [2.75, 3.05) is 13.7 Å². The minimum Gasteiger partial charge on any atom is -0.490 e. The third kappa shape index (κ3) is 4.48. The van der Waals surface area contributed by atoms with Crippen molar-refractivity contribution in [1.82, 2.24) is 0 Å². The first-order chi connectivity index (χ1) is 10.7. The highest BCUT2D eigenvalue weighted by molar-refractivity contribution is 5.69. The van der Waals surface area contributed by atoms with Crippen LogP contribution < -0.4 is 4.74 Å². The molecule has 0 bridgehead atoms. The van der Waals surface area contributed by atoms with Crippen LogP contribution in [0.1, 0.15) is 12.0 Å². The molecule has 22 heavy (non-hydrogen) atoms. The fourth-order valence-electron chi connectivity index (χ4n) is 2.13. The van der Waals surface area contributed by atoms with Gasteiger partial charge in [0.1, 0.15) is 12.4 Å². The fourth-order valence-corrected chi connectivity index (χ4v) is 2.13. The van der Waals surface area contributed by atoms with Crippen molar-refractivity contribution in [3.8, 4) is 16.9 Å². The van der Waals surface area contributed by atoms with Gasteiger partial charge in [0.05, 0.1) is 7.11 Å². The summed E-state index contributed by atoms with van der Waals surface area (Å²) in [5.41, 5.74) is 3.33. The van der Waals surface area contributed by atoms with E-state index in [-0.39, 0.29) is 5.97 Å². The fraction of sp³-hybridized carbons (Fsp3) is 0.211. The Morgan fingerprint density at radius 3 is 2.59 bits per heavy atom. The zero-order valence-electron chi connectivity index (χ0n) is 12.7. The highest BCUT2D eigenvalue weighted by Gasteiger charge is 2.03. The van der Waals surface area contributed by atoms with Crippen molar-refractivity contribution < 1.29 is 14.3 Å². The third-order valence-electron chi connectivity index (χ3n) is 3.33. The lowest BCUT2D eigenvalue weighted by atomic mass is 10.0. The molecule has 3 nitrogen and oxygen atoms in total. The molecule has 0 amide bonds. The molecular weight excluding hydrogens is 276 g/mol. The van der Waals surface area contributed by atoms with Crippen LogP contribution in [0, 0.1) is 0 Å². The summed E-state index contributed by atoms with van der Waals surface area (Å²) in [5.74, 6) is 0.642. The molecule has 0 aromatic heterocycles. The summed E-state index contributed by atoms with van der Waals surface area (Å²) in [6, 6.07) is 16.1. The zero-order valence-corrected chi connectivity index (χ0v) is 12.7. The number of carbonyl (C=O) groups is 1. The Kier molecular flexibility index (Phi) is 5.78. The maximum atomic E-state index is 11.2. The molecule has 0 radical (unpaired) electrons. The van der Waals surface area contributed by atoms with E-state index in [2.05, 4.69) is 23.4 Å². The molecule has 0 aliphatic rings. The van der Waals surface area contributed by atoms with Gasteiger partial charge in [0, 0.05) is 6.42 Å². The van der Waals surface area contributed by atoms with Crippen LogP contribution in [-0.2, 0) is 16.0 Å². The van der Waals surface area contributed by atoms with E-state index in [0.717, 1.165) is 22.4 Å². The van der Waals surface area contributed by atoms with E-state index in [1.54, 1.807) is 6.08 Å². The summed E-state index contributed by atoms with van der Waals surface area (Å²) in [6.45, 7) is 4.14. The van der Waals surface area contributed by atoms with Gasteiger partial charge in [0.2, 0.25) is 0 Å². The molecular formula is C19H20O3. The van der Waals surface area contributed by atoms with Crippen molar-refractivity contribution in [1.29, 1.82) is 0 Å². The van der Waals surface area contributed by atoms with E-state index in [4.69, 9.17) is 4.74 Å². The molecule has 2 aromatic rings. The van der Waals surface area contributed by atoms with Crippen molar-refractivity contribution in [3.05, 3.63) is 66.7 Å². The summed E-state index contributed by atoms with van der Waals surface area (Å²) in [7, 11) is 1.41. The molecule has 0 spiro atoms. The van der Waals surface area contributed by atoms with E-state index in [1.807, 2.05) is 36.4 Å². The van der Waals surface area contributed by atoms with E-state index in [9.17, 15) is 4.79 Å². The topological polar surface area (TPSA) is 35.5 Å². The van der Waals surface area contributed by atoms with Crippen LogP contribution in [0.5, 0.6) is 5.75 Å². The Morgan fingerprint density at radius 2 is 1.91 bits per heavy atom. The summed E-state index contributed by atoms with van der Waals surface area (Å²) >= 11 is 0. The smallest absolute Gasteiger partial charge is 0.305 e. The molecule has 114 valence electrons. The van der Waals surface area contributed by atoms with Crippen LogP contribution in [0.2, 0.25) is 0 Å². The number of aryl methyl sites for hydroxylation is 1. The van der Waals surface area contributed by atoms with Gasteiger partial charge in [0.25, 0.3) is 0 Å². The van der Waals surface area contributed by atoms with E-state index < -0.39 is 0 Å². The van der Waals surface area contributed by atoms with Crippen LogP contribution in [0.25, 0.3) is 11.1 Å². The molecule has 0 saturated carbocycles. The second-order valence-corrected chi connectivity index (χ2v) is 4.90. The van der Waals surface area contributed by atoms with Gasteiger partial charge in [-0.25, -0.2) is 0 Å². The van der Waals surface area contributed by atoms with Crippen molar-refractivity contribution in [2.45, 2.75) is 12.8 Å². The van der Waals surface area contributed by atoms with Crippen molar-refractivity contribution >= 4 is 5.97 Å². The molecule has 0 aliphatic heterocycles. The van der Waals surface area contributed by atoms with Crippen LogP contribution in [0.3, 0.4) is 0 Å². The number of hydrogen-bond acceptors (Lipinski definition) is 3. The third-order valence-corrected chi connectivity index (χ3v) is 3.33. The van der Waals surface area contributed by atoms with Gasteiger partial charge in [0.15, 0.2) is 0 Å². The molecule has 0 unspecified atom stereocenters. The van der Waals surface area contributed by atoms with E-state index in [1.165, 1.54) is 7.11 Å². The molecule has 0 N–H and O–H groups in total. The van der Waals surface area contributed by atoms with Crippen LogP contribution in [-0.4, -0.2) is 19.7 Å². The predicted octanol–water partition coefficient (Wildman–Crippen LogP) is 4.02. The SMILES string of the molecule is C=CCOc1cccc(-c2ccc(CCC(=O)OC)cc2)c1. The van der Waals surface area contributed by atoms with Crippen molar-refractivity contribution in [3.63, 3.8) is 0 Å². The van der Waals surface area contributed by atoms with Crippen LogP contribution in [0.15, 0.2) is 61.2 Å². The van der Waals surface area contributed by atoms with Gasteiger partial charge >= 0.3 is 5.97 Å². The van der Waals surface area contributed by atoms with E-state index in [0.29, 0.717) is 19.4 Å². The molecule has 0 saturated heterocycles. The van der Waals surface area contributed by atoms with Gasteiger partial charge in [-0.05, 0) is 35.2 Å². The number of rotatable bonds is 7. The second kappa shape index (κ2) is 8.03. The molecule has 0 aliphatic carbocycles. The highest BCUT2D eigenvalue weighted by Crippen LogP contribution is 2.24. The van der Waals surface area contributed by atoms with Gasteiger partial charge in [-0.1, -0.05) is 49.1 Å². The molecule has 0 fully saturated rings. The molecule has 2 rings (SSSR count). The molecule has 0 atom stereocenters. The molecule has 0 heterocycles. The van der Waals surface area contributed by atoms with E-state index >= 15 is 0 Å². The van der Waals surface area contributed by atoms with Gasteiger partial charge in [-0.15, -0.1) is 0 Å². The Labute approximate surface area is 131 Å². The lowest BCUT2D eigenvalue weighted by Gasteiger charge is -2.07. The first-order valence-electron chi connectivity index (χ1n) is 7.23. The first-order valence-corrected chi connectivity index (χ1v) is 7.23.